The molecule has 2 heterocycles. The molecule has 0 fully saturated rings. The number of carboxylic acid groups (broad SMARTS) is 1. The van der Waals surface area contributed by atoms with Gasteiger partial charge < -0.3 is 5.11 Å². The van der Waals surface area contributed by atoms with Crippen LogP contribution in [0, 0.1) is 6.92 Å². The SMILES string of the molecule is Cc1csc(C(=O)O)c1S(=O)(=O)NCc1cscn1. The zero-order valence-corrected chi connectivity index (χ0v) is 12.2. The van der Waals surface area contributed by atoms with Crippen molar-refractivity contribution < 1.29 is 18.3 Å². The third-order valence-electron chi connectivity index (χ3n) is 2.31. The minimum absolute atomic E-state index is 0.0418. The van der Waals surface area contributed by atoms with Gasteiger partial charge in [0.1, 0.15) is 9.77 Å². The van der Waals surface area contributed by atoms with E-state index in [9.17, 15) is 13.2 Å². The van der Waals surface area contributed by atoms with Crippen molar-refractivity contribution in [3.8, 4) is 0 Å². The van der Waals surface area contributed by atoms with Crippen LogP contribution in [0.3, 0.4) is 0 Å². The molecule has 6 nitrogen and oxygen atoms in total. The normalized spacial score (nSPS) is 11.6. The molecule has 0 saturated heterocycles. The van der Waals surface area contributed by atoms with Crippen LogP contribution in [-0.4, -0.2) is 24.5 Å². The number of aromatic nitrogens is 1. The van der Waals surface area contributed by atoms with E-state index < -0.39 is 16.0 Å². The third kappa shape index (κ3) is 3.00. The van der Waals surface area contributed by atoms with Gasteiger partial charge in [0, 0.05) is 5.38 Å². The van der Waals surface area contributed by atoms with Crippen LogP contribution in [0.1, 0.15) is 20.9 Å². The van der Waals surface area contributed by atoms with Crippen LogP contribution in [0.5, 0.6) is 0 Å². The number of rotatable bonds is 5. The topological polar surface area (TPSA) is 96.4 Å². The molecular formula is C10H10N2O4S3. The lowest BCUT2D eigenvalue weighted by Crippen LogP contribution is -2.25. The molecule has 2 rings (SSSR count). The summed E-state index contributed by atoms with van der Waals surface area (Å²) in [6.45, 7) is 1.61. The molecule has 0 spiro atoms. The van der Waals surface area contributed by atoms with Gasteiger partial charge in [-0.1, -0.05) is 0 Å². The van der Waals surface area contributed by atoms with Gasteiger partial charge in [-0.25, -0.2) is 22.9 Å². The average Bonchev–Trinajstić information content (AvgIpc) is 2.95. The lowest BCUT2D eigenvalue weighted by atomic mass is 10.3. The molecule has 19 heavy (non-hydrogen) atoms. The van der Waals surface area contributed by atoms with Crippen LogP contribution in [0.2, 0.25) is 0 Å². The van der Waals surface area contributed by atoms with Crippen molar-refractivity contribution in [3.63, 3.8) is 0 Å². The van der Waals surface area contributed by atoms with Gasteiger partial charge in [0.25, 0.3) is 0 Å². The van der Waals surface area contributed by atoms with Gasteiger partial charge in [-0.05, 0) is 17.9 Å². The molecule has 0 saturated carbocycles. The Morgan fingerprint density at radius 1 is 1.47 bits per heavy atom. The monoisotopic (exact) mass is 318 g/mol. The van der Waals surface area contributed by atoms with Crippen molar-refractivity contribution in [2.75, 3.05) is 0 Å². The van der Waals surface area contributed by atoms with E-state index in [0.717, 1.165) is 11.3 Å². The van der Waals surface area contributed by atoms with Gasteiger partial charge in [0.2, 0.25) is 10.0 Å². The molecule has 2 N–H and O–H groups in total. The number of thiophene rings is 1. The van der Waals surface area contributed by atoms with Crippen molar-refractivity contribution in [1.29, 1.82) is 0 Å². The van der Waals surface area contributed by atoms with Gasteiger partial charge in [-0.2, -0.15) is 0 Å². The minimum Gasteiger partial charge on any atom is -0.477 e. The summed E-state index contributed by atoms with van der Waals surface area (Å²) in [4.78, 5) is 14.6. The largest absolute Gasteiger partial charge is 0.477 e. The Bertz CT molecular complexity index is 688. The number of aromatic carboxylic acids is 1. The Balaban J connectivity index is 2.29. The summed E-state index contributed by atoms with van der Waals surface area (Å²) in [5.74, 6) is -1.24. The van der Waals surface area contributed by atoms with Gasteiger partial charge in [-0.3, -0.25) is 0 Å². The Labute approximate surface area is 117 Å². The van der Waals surface area contributed by atoms with Crippen LogP contribution in [-0.2, 0) is 16.6 Å². The van der Waals surface area contributed by atoms with Gasteiger partial charge >= 0.3 is 5.97 Å². The second-order valence-corrected chi connectivity index (χ2v) is 6.99. The Kier molecular flexibility index (Phi) is 3.99. The molecule has 0 amide bonds. The first kappa shape index (κ1) is 14.1. The smallest absolute Gasteiger partial charge is 0.347 e. The highest BCUT2D eigenvalue weighted by atomic mass is 32.2. The Morgan fingerprint density at radius 2 is 2.21 bits per heavy atom. The van der Waals surface area contributed by atoms with E-state index in [1.54, 1.807) is 17.8 Å². The molecule has 0 aliphatic rings. The summed E-state index contributed by atoms with van der Waals surface area (Å²) in [6.07, 6.45) is 0. The van der Waals surface area contributed by atoms with Crippen molar-refractivity contribution >= 4 is 38.7 Å². The van der Waals surface area contributed by atoms with Crippen molar-refractivity contribution in [2.45, 2.75) is 18.4 Å². The number of hydrogen-bond acceptors (Lipinski definition) is 6. The Hall–Kier alpha value is -1.29. The molecule has 0 radical (unpaired) electrons. The van der Waals surface area contributed by atoms with E-state index in [1.165, 1.54) is 16.7 Å². The highest BCUT2D eigenvalue weighted by Crippen LogP contribution is 2.26. The molecule has 102 valence electrons. The molecule has 9 heteroatoms. The molecule has 0 aliphatic carbocycles. The first-order chi connectivity index (χ1) is 8.92. The summed E-state index contributed by atoms with van der Waals surface area (Å²) in [5.41, 5.74) is 2.62. The predicted molar refractivity (Wildman–Crippen MR) is 72.2 cm³/mol. The molecule has 0 atom stereocenters. The highest BCUT2D eigenvalue weighted by molar-refractivity contribution is 7.89. The summed E-state index contributed by atoms with van der Waals surface area (Å²) in [7, 11) is -3.86. The maximum atomic E-state index is 12.1. The van der Waals surface area contributed by atoms with Gasteiger partial charge in [-0.15, -0.1) is 22.7 Å². The predicted octanol–water partition coefficient (Wildman–Crippen LogP) is 1.69. The van der Waals surface area contributed by atoms with Crippen LogP contribution in [0.15, 0.2) is 21.2 Å². The number of sulfonamides is 1. The number of carbonyl (C=O) groups is 1. The number of nitrogens with zero attached hydrogens (tertiary/aromatic N) is 1. The molecule has 0 bridgehead atoms. The Morgan fingerprint density at radius 3 is 2.79 bits per heavy atom. The van der Waals surface area contributed by atoms with Crippen LogP contribution in [0.4, 0.5) is 0 Å². The number of aryl methyl sites for hydroxylation is 1. The highest BCUT2D eigenvalue weighted by Gasteiger charge is 2.26. The number of thiazole rings is 1. The molecular weight excluding hydrogens is 308 g/mol. The fraction of sp³-hybridized carbons (Fsp3) is 0.200. The first-order valence-corrected chi connectivity index (χ1v) is 8.40. The van der Waals surface area contributed by atoms with E-state index in [1.807, 2.05) is 0 Å². The third-order valence-corrected chi connectivity index (χ3v) is 5.75. The van der Waals surface area contributed by atoms with Gasteiger partial charge in [0.15, 0.2) is 0 Å². The van der Waals surface area contributed by atoms with Crippen molar-refractivity contribution in [1.82, 2.24) is 9.71 Å². The number of hydrogen-bond donors (Lipinski definition) is 2. The summed E-state index contributed by atoms with van der Waals surface area (Å²) >= 11 is 2.26. The maximum Gasteiger partial charge on any atom is 0.347 e. The molecule has 0 unspecified atom stereocenters. The van der Waals surface area contributed by atoms with Crippen LogP contribution < -0.4 is 4.72 Å². The molecule has 0 aromatic carbocycles. The molecule has 2 aromatic heterocycles. The average molecular weight is 318 g/mol. The lowest BCUT2D eigenvalue weighted by Gasteiger charge is -2.06. The first-order valence-electron chi connectivity index (χ1n) is 5.10. The zero-order valence-electron chi connectivity index (χ0n) is 9.78. The number of carboxylic acids is 1. The van der Waals surface area contributed by atoms with E-state index in [4.69, 9.17) is 5.11 Å². The lowest BCUT2D eigenvalue weighted by molar-refractivity contribution is 0.0698. The summed E-state index contributed by atoms with van der Waals surface area (Å²) < 4.78 is 26.6. The molecule has 2 aromatic rings. The van der Waals surface area contributed by atoms with E-state index in [2.05, 4.69) is 9.71 Å². The fourth-order valence-corrected chi connectivity index (χ4v) is 4.67. The van der Waals surface area contributed by atoms with Crippen molar-refractivity contribution in [3.05, 3.63) is 32.4 Å². The summed E-state index contributed by atoms with van der Waals surface area (Å²) in [6, 6.07) is 0. The zero-order chi connectivity index (χ0) is 14.0. The number of nitrogens with one attached hydrogen (secondary N) is 1. The summed E-state index contributed by atoms with van der Waals surface area (Å²) in [5, 5.41) is 12.2. The van der Waals surface area contributed by atoms with E-state index >= 15 is 0 Å². The van der Waals surface area contributed by atoms with E-state index in [0.29, 0.717) is 11.3 Å². The standard InChI is InChI=1S/C10H10N2O4S3/c1-6-3-18-8(10(13)14)9(6)19(15,16)12-2-7-4-17-5-11-7/h3-5,12H,2H2,1H3,(H,13,14). The van der Waals surface area contributed by atoms with Crippen LogP contribution in [0.25, 0.3) is 0 Å². The molecule has 0 aliphatic heterocycles. The van der Waals surface area contributed by atoms with Crippen molar-refractivity contribution in [2.24, 2.45) is 0 Å². The second-order valence-electron chi connectivity index (χ2n) is 3.69. The van der Waals surface area contributed by atoms with Crippen LogP contribution >= 0.6 is 22.7 Å². The minimum atomic E-state index is -3.86. The maximum absolute atomic E-state index is 12.1. The fourth-order valence-electron chi connectivity index (χ4n) is 1.48. The quantitative estimate of drug-likeness (QED) is 0.874. The second kappa shape index (κ2) is 5.37. The van der Waals surface area contributed by atoms with E-state index in [-0.39, 0.29) is 16.3 Å². The van der Waals surface area contributed by atoms with Gasteiger partial charge in [0.05, 0.1) is 17.7 Å².